The van der Waals surface area contributed by atoms with Gasteiger partial charge in [0.25, 0.3) is 5.91 Å². The number of ether oxygens (including phenoxy) is 4. The number of aromatic nitrogens is 2. The SMILES string of the molecule is COc1ccc(Cn2nccc2NC(=O)[C@H]2CNCCO2)c(OC)c1OC.Cl. The normalized spacial score (nSPS) is 16.0. The number of anilines is 1. The predicted octanol–water partition coefficient (Wildman–Crippen LogP) is 1.31. The fourth-order valence-corrected chi connectivity index (χ4v) is 2.95. The van der Waals surface area contributed by atoms with Gasteiger partial charge < -0.3 is 29.6 Å². The number of benzene rings is 1. The molecule has 2 aromatic rings. The molecule has 0 spiro atoms. The number of nitrogens with one attached hydrogen (secondary N) is 2. The van der Waals surface area contributed by atoms with E-state index in [-0.39, 0.29) is 18.3 Å². The van der Waals surface area contributed by atoms with Crippen LogP contribution in [0.2, 0.25) is 0 Å². The standard InChI is InChI=1S/C18H24N4O5.ClH/c1-24-13-5-4-12(16(25-2)17(13)26-3)11-22-15(6-7-20-22)21-18(23)14-10-19-8-9-27-14;/h4-7,14,19H,8-11H2,1-3H3,(H,21,23);1H/t14-;/m1./s1. The first-order chi connectivity index (χ1) is 13.2. The number of carbonyl (C=O) groups is 1. The van der Waals surface area contributed by atoms with Crippen LogP contribution in [0, 0.1) is 0 Å². The first-order valence-electron chi connectivity index (χ1n) is 8.60. The van der Waals surface area contributed by atoms with Crippen LogP contribution < -0.4 is 24.8 Å². The quantitative estimate of drug-likeness (QED) is 0.707. The summed E-state index contributed by atoms with van der Waals surface area (Å²) in [4.78, 5) is 12.4. The van der Waals surface area contributed by atoms with E-state index in [2.05, 4.69) is 15.7 Å². The third kappa shape index (κ3) is 4.67. The van der Waals surface area contributed by atoms with Crippen LogP contribution in [0.1, 0.15) is 5.56 Å². The maximum atomic E-state index is 12.4. The molecule has 0 unspecified atom stereocenters. The molecule has 2 N–H and O–H groups in total. The first-order valence-corrected chi connectivity index (χ1v) is 8.60. The van der Waals surface area contributed by atoms with Crippen LogP contribution in [0.3, 0.4) is 0 Å². The summed E-state index contributed by atoms with van der Waals surface area (Å²) in [5, 5.41) is 10.3. The van der Waals surface area contributed by atoms with Crippen molar-refractivity contribution >= 4 is 24.1 Å². The number of halogens is 1. The minimum Gasteiger partial charge on any atom is -0.493 e. The zero-order valence-corrected chi connectivity index (χ0v) is 16.9. The summed E-state index contributed by atoms with van der Waals surface area (Å²) < 4.78 is 23.4. The molecule has 1 aliphatic heterocycles. The van der Waals surface area contributed by atoms with Crippen molar-refractivity contribution in [3.05, 3.63) is 30.0 Å². The molecule has 28 heavy (non-hydrogen) atoms. The van der Waals surface area contributed by atoms with E-state index >= 15 is 0 Å². The molecule has 1 fully saturated rings. The Morgan fingerprint density at radius 3 is 2.68 bits per heavy atom. The van der Waals surface area contributed by atoms with E-state index < -0.39 is 6.10 Å². The van der Waals surface area contributed by atoms with Crippen LogP contribution in [-0.4, -0.2) is 62.8 Å². The summed E-state index contributed by atoms with van der Waals surface area (Å²) in [6.07, 6.45) is 1.11. The molecule has 1 saturated heterocycles. The topological polar surface area (TPSA) is 95.9 Å². The first kappa shape index (κ1) is 21.8. The van der Waals surface area contributed by atoms with Crippen LogP contribution in [0.15, 0.2) is 24.4 Å². The lowest BCUT2D eigenvalue weighted by Crippen LogP contribution is -2.45. The second-order valence-corrected chi connectivity index (χ2v) is 5.92. The van der Waals surface area contributed by atoms with E-state index in [0.29, 0.717) is 42.8 Å². The van der Waals surface area contributed by atoms with Crippen LogP contribution in [0.5, 0.6) is 17.2 Å². The van der Waals surface area contributed by atoms with Crippen molar-refractivity contribution in [1.29, 1.82) is 0 Å². The van der Waals surface area contributed by atoms with E-state index in [1.54, 1.807) is 44.3 Å². The summed E-state index contributed by atoms with van der Waals surface area (Å²) in [5.41, 5.74) is 0.838. The van der Waals surface area contributed by atoms with E-state index in [0.717, 1.165) is 12.1 Å². The van der Waals surface area contributed by atoms with Crippen molar-refractivity contribution in [2.45, 2.75) is 12.6 Å². The zero-order valence-electron chi connectivity index (χ0n) is 16.1. The molecular weight excluding hydrogens is 388 g/mol. The van der Waals surface area contributed by atoms with Gasteiger partial charge in [0, 0.05) is 24.7 Å². The molecule has 0 saturated carbocycles. The van der Waals surface area contributed by atoms with Gasteiger partial charge in [0.15, 0.2) is 11.5 Å². The number of amides is 1. The molecule has 10 heteroatoms. The highest BCUT2D eigenvalue weighted by Crippen LogP contribution is 2.40. The van der Waals surface area contributed by atoms with Crippen LogP contribution >= 0.6 is 12.4 Å². The van der Waals surface area contributed by atoms with Crippen molar-refractivity contribution in [2.24, 2.45) is 0 Å². The van der Waals surface area contributed by atoms with Crippen LogP contribution in [0.4, 0.5) is 5.82 Å². The fraction of sp³-hybridized carbons (Fsp3) is 0.444. The minimum absolute atomic E-state index is 0. The molecule has 1 atom stereocenters. The van der Waals surface area contributed by atoms with E-state index in [1.165, 1.54) is 0 Å². The Hall–Kier alpha value is -2.49. The highest BCUT2D eigenvalue weighted by molar-refractivity contribution is 5.93. The van der Waals surface area contributed by atoms with Gasteiger partial charge in [-0.2, -0.15) is 5.10 Å². The molecular formula is C18H25ClN4O5. The number of rotatable bonds is 7. The smallest absolute Gasteiger partial charge is 0.255 e. The Morgan fingerprint density at radius 2 is 2.04 bits per heavy atom. The van der Waals surface area contributed by atoms with Gasteiger partial charge in [-0.3, -0.25) is 4.79 Å². The second-order valence-electron chi connectivity index (χ2n) is 5.92. The van der Waals surface area contributed by atoms with E-state index in [1.807, 2.05) is 6.07 Å². The zero-order chi connectivity index (χ0) is 19.2. The summed E-state index contributed by atoms with van der Waals surface area (Å²) in [5.74, 6) is 2.02. The molecule has 0 radical (unpaired) electrons. The van der Waals surface area contributed by atoms with Crippen LogP contribution in [0.25, 0.3) is 0 Å². The average molecular weight is 413 g/mol. The molecule has 2 heterocycles. The fourth-order valence-electron chi connectivity index (χ4n) is 2.95. The molecule has 0 aliphatic carbocycles. The Labute approximate surface area is 169 Å². The summed E-state index contributed by atoms with van der Waals surface area (Å²) in [6, 6.07) is 5.42. The number of carbonyl (C=O) groups excluding carboxylic acids is 1. The van der Waals surface area contributed by atoms with Gasteiger partial charge in [0.1, 0.15) is 11.9 Å². The van der Waals surface area contributed by atoms with Gasteiger partial charge in [0.2, 0.25) is 5.75 Å². The molecule has 154 valence electrons. The Balaban J connectivity index is 0.00000280. The average Bonchev–Trinajstić information content (AvgIpc) is 3.14. The van der Waals surface area contributed by atoms with Gasteiger partial charge in [0.05, 0.1) is 40.7 Å². The second kappa shape index (κ2) is 10.2. The molecule has 1 aromatic carbocycles. The molecule has 1 amide bonds. The van der Waals surface area contributed by atoms with Gasteiger partial charge in [-0.15, -0.1) is 12.4 Å². The van der Waals surface area contributed by atoms with Crippen molar-refractivity contribution in [3.8, 4) is 17.2 Å². The lowest BCUT2D eigenvalue weighted by Gasteiger charge is -2.23. The molecule has 1 aromatic heterocycles. The molecule has 3 rings (SSSR count). The van der Waals surface area contributed by atoms with Crippen molar-refractivity contribution in [2.75, 3.05) is 46.3 Å². The van der Waals surface area contributed by atoms with Gasteiger partial charge in [-0.25, -0.2) is 4.68 Å². The van der Waals surface area contributed by atoms with E-state index in [4.69, 9.17) is 18.9 Å². The molecule has 9 nitrogen and oxygen atoms in total. The van der Waals surface area contributed by atoms with Crippen molar-refractivity contribution in [3.63, 3.8) is 0 Å². The summed E-state index contributed by atoms with van der Waals surface area (Å²) in [6.45, 7) is 2.14. The Kier molecular flexibility index (Phi) is 7.91. The number of methoxy groups -OCH3 is 3. The van der Waals surface area contributed by atoms with Gasteiger partial charge in [-0.05, 0) is 12.1 Å². The molecule has 0 bridgehead atoms. The minimum atomic E-state index is -0.516. The predicted molar refractivity (Wildman–Crippen MR) is 106 cm³/mol. The maximum Gasteiger partial charge on any atom is 0.255 e. The van der Waals surface area contributed by atoms with Crippen LogP contribution in [-0.2, 0) is 16.1 Å². The number of morpholine rings is 1. The lowest BCUT2D eigenvalue weighted by molar-refractivity contribution is -0.128. The summed E-state index contributed by atoms with van der Waals surface area (Å²) >= 11 is 0. The highest BCUT2D eigenvalue weighted by atomic mass is 35.5. The van der Waals surface area contributed by atoms with E-state index in [9.17, 15) is 4.79 Å². The summed E-state index contributed by atoms with van der Waals surface area (Å²) in [7, 11) is 4.70. The van der Waals surface area contributed by atoms with Crippen molar-refractivity contribution in [1.82, 2.24) is 15.1 Å². The highest BCUT2D eigenvalue weighted by Gasteiger charge is 2.23. The number of hydrogen-bond acceptors (Lipinski definition) is 7. The number of nitrogens with zero attached hydrogens (tertiary/aromatic N) is 2. The third-order valence-corrected chi connectivity index (χ3v) is 4.29. The molecule has 1 aliphatic rings. The van der Waals surface area contributed by atoms with Gasteiger partial charge in [-0.1, -0.05) is 0 Å². The third-order valence-electron chi connectivity index (χ3n) is 4.29. The van der Waals surface area contributed by atoms with Crippen molar-refractivity contribution < 1.29 is 23.7 Å². The Morgan fingerprint density at radius 1 is 1.25 bits per heavy atom. The lowest BCUT2D eigenvalue weighted by atomic mass is 10.1. The number of hydrogen-bond donors (Lipinski definition) is 2. The largest absolute Gasteiger partial charge is 0.493 e. The maximum absolute atomic E-state index is 12.4. The Bertz CT molecular complexity index is 792. The van der Waals surface area contributed by atoms with Gasteiger partial charge >= 0.3 is 0 Å². The monoisotopic (exact) mass is 412 g/mol.